The van der Waals surface area contributed by atoms with E-state index in [1.165, 1.54) is 18.5 Å². The Labute approximate surface area is 108 Å². The van der Waals surface area contributed by atoms with Gasteiger partial charge in [-0.2, -0.15) is 0 Å². The minimum absolute atomic E-state index is 0.256. The maximum absolute atomic E-state index is 11.8. The lowest BCUT2D eigenvalue weighted by Crippen LogP contribution is -2.09. The summed E-state index contributed by atoms with van der Waals surface area (Å²) >= 11 is 11.7. The number of benzene rings is 1. The average Bonchev–Trinajstić information content (AvgIpc) is 2.32. The number of carbonyl (C=O) groups is 1. The molecule has 1 heterocycles. The van der Waals surface area contributed by atoms with E-state index in [0.717, 1.165) is 0 Å². The topological polar surface area (TPSA) is 39.2 Å². The highest BCUT2D eigenvalue weighted by atomic mass is 35.5. The summed E-state index contributed by atoms with van der Waals surface area (Å²) in [5.74, 6) is -0.296. The Morgan fingerprint density at radius 2 is 1.88 bits per heavy atom. The highest BCUT2D eigenvalue weighted by Crippen LogP contribution is 2.24. The summed E-state index contributed by atoms with van der Waals surface area (Å²) in [5, 5.41) is 0.607. The van der Waals surface area contributed by atoms with Crippen LogP contribution in [-0.2, 0) is 0 Å². The van der Waals surface area contributed by atoms with E-state index in [2.05, 4.69) is 4.98 Å². The SMILES string of the molecule is O=C(Oc1ccncc1Cl)c1ccccc1Cl. The number of ether oxygens (including phenoxy) is 1. The minimum Gasteiger partial charge on any atom is -0.421 e. The molecular weight excluding hydrogens is 261 g/mol. The van der Waals surface area contributed by atoms with Crippen LogP contribution in [0.25, 0.3) is 0 Å². The number of halogens is 2. The molecule has 0 saturated carbocycles. The van der Waals surface area contributed by atoms with Crippen LogP contribution < -0.4 is 4.74 Å². The minimum atomic E-state index is -0.552. The summed E-state index contributed by atoms with van der Waals surface area (Å²) in [7, 11) is 0. The fourth-order valence-electron chi connectivity index (χ4n) is 1.23. The maximum atomic E-state index is 11.8. The molecule has 2 aromatic rings. The highest BCUT2D eigenvalue weighted by Gasteiger charge is 2.13. The zero-order chi connectivity index (χ0) is 12.3. The molecule has 0 aliphatic carbocycles. The maximum Gasteiger partial charge on any atom is 0.345 e. The van der Waals surface area contributed by atoms with Crippen LogP contribution in [-0.4, -0.2) is 11.0 Å². The molecule has 17 heavy (non-hydrogen) atoms. The van der Waals surface area contributed by atoms with Gasteiger partial charge in [-0.3, -0.25) is 4.98 Å². The van der Waals surface area contributed by atoms with Crippen LogP contribution in [0.4, 0.5) is 0 Å². The molecule has 2 rings (SSSR count). The lowest BCUT2D eigenvalue weighted by molar-refractivity contribution is 0.0735. The number of carbonyl (C=O) groups excluding carboxylic acids is 1. The van der Waals surface area contributed by atoms with Crippen molar-refractivity contribution in [3.05, 3.63) is 58.3 Å². The smallest absolute Gasteiger partial charge is 0.345 e. The third-order valence-electron chi connectivity index (χ3n) is 2.03. The molecule has 0 spiro atoms. The second kappa shape index (κ2) is 5.17. The molecule has 1 aromatic carbocycles. The van der Waals surface area contributed by atoms with E-state index >= 15 is 0 Å². The zero-order valence-electron chi connectivity index (χ0n) is 8.56. The van der Waals surface area contributed by atoms with Gasteiger partial charge >= 0.3 is 5.97 Å². The van der Waals surface area contributed by atoms with Crippen molar-refractivity contribution < 1.29 is 9.53 Å². The zero-order valence-corrected chi connectivity index (χ0v) is 10.1. The number of pyridine rings is 1. The molecular formula is C12H7Cl2NO2. The van der Waals surface area contributed by atoms with Gasteiger partial charge in [0.05, 0.1) is 10.6 Å². The van der Waals surface area contributed by atoms with Gasteiger partial charge in [-0.1, -0.05) is 35.3 Å². The molecule has 0 unspecified atom stereocenters. The van der Waals surface area contributed by atoms with E-state index in [1.807, 2.05) is 0 Å². The first-order valence-electron chi connectivity index (χ1n) is 4.74. The summed E-state index contributed by atoms with van der Waals surface area (Å²) < 4.78 is 5.12. The number of rotatable bonds is 2. The summed E-state index contributed by atoms with van der Waals surface area (Å²) in [6.07, 6.45) is 2.89. The molecule has 3 nitrogen and oxygen atoms in total. The number of esters is 1. The summed E-state index contributed by atoms with van der Waals surface area (Å²) in [6.45, 7) is 0. The van der Waals surface area contributed by atoms with Crippen molar-refractivity contribution in [1.82, 2.24) is 4.98 Å². The van der Waals surface area contributed by atoms with E-state index in [0.29, 0.717) is 10.6 Å². The van der Waals surface area contributed by atoms with Crippen LogP contribution in [0.3, 0.4) is 0 Å². The molecule has 0 atom stereocenters. The van der Waals surface area contributed by atoms with Crippen molar-refractivity contribution in [3.8, 4) is 5.75 Å². The fourth-order valence-corrected chi connectivity index (χ4v) is 1.60. The lowest BCUT2D eigenvalue weighted by Gasteiger charge is -2.06. The largest absolute Gasteiger partial charge is 0.421 e. The van der Waals surface area contributed by atoms with Gasteiger partial charge < -0.3 is 4.74 Å². The molecule has 0 saturated heterocycles. The highest BCUT2D eigenvalue weighted by molar-refractivity contribution is 6.34. The quantitative estimate of drug-likeness (QED) is 0.781. The predicted molar refractivity (Wildman–Crippen MR) is 65.7 cm³/mol. The Kier molecular flexibility index (Phi) is 3.61. The predicted octanol–water partition coefficient (Wildman–Crippen LogP) is 3.61. The fraction of sp³-hybridized carbons (Fsp3) is 0. The van der Waals surface area contributed by atoms with E-state index in [4.69, 9.17) is 27.9 Å². The third kappa shape index (κ3) is 2.75. The van der Waals surface area contributed by atoms with Crippen LogP contribution in [0.5, 0.6) is 5.75 Å². The standard InChI is InChI=1S/C12H7Cl2NO2/c13-9-4-2-1-3-8(9)12(16)17-11-5-6-15-7-10(11)14/h1-7H. The molecule has 86 valence electrons. The summed E-state index contributed by atoms with van der Waals surface area (Å²) in [4.78, 5) is 15.6. The lowest BCUT2D eigenvalue weighted by atomic mass is 10.2. The van der Waals surface area contributed by atoms with Gasteiger partial charge in [0.1, 0.15) is 5.02 Å². The second-order valence-corrected chi connectivity index (χ2v) is 3.99. The Bertz CT molecular complexity index is 558. The van der Waals surface area contributed by atoms with Gasteiger partial charge in [0.2, 0.25) is 0 Å². The van der Waals surface area contributed by atoms with Gasteiger partial charge in [0.25, 0.3) is 0 Å². The van der Waals surface area contributed by atoms with E-state index in [1.54, 1.807) is 24.3 Å². The van der Waals surface area contributed by atoms with E-state index in [-0.39, 0.29) is 10.8 Å². The van der Waals surface area contributed by atoms with Crippen molar-refractivity contribution in [2.24, 2.45) is 0 Å². The molecule has 0 amide bonds. The van der Waals surface area contributed by atoms with Crippen molar-refractivity contribution >= 4 is 29.2 Å². The molecule has 0 fully saturated rings. The van der Waals surface area contributed by atoms with Crippen LogP contribution in [0.15, 0.2) is 42.7 Å². The second-order valence-electron chi connectivity index (χ2n) is 3.18. The van der Waals surface area contributed by atoms with E-state index in [9.17, 15) is 4.79 Å². The van der Waals surface area contributed by atoms with Crippen LogP contribution >= 0.6 is 23.2 Å². The molecule has 0 N–H and O–H groups in total. The number of nitrogens with zero attached hydrogens (tertiary/aromatic N) is 1. The Morgan fingerprint density at radius 3 is 2.59 bits per heavy atom. The van der Waals surface area contributed by atoms with Gasteiger partial charge in [-0.15, -0.1) is 0 Å². The van der Waals surface area contributed by atoms with Crippen molar-refractivity contribution in [2.75, 3.05) is 0 Å². The molecule has 0 radical (unpaired) electrons. The van der Waals surface area contributed by atoms with Crippen LogP contribution in [0.2, 0.25) is 10.0 Å². The Morgan fingerprint density at radius 1 is 1.12 bits per heavy atom. The van der Waals surface area contributed by atoms with Crippen LogP contribution in [0.1, 0.15) is 10.4 Å². The summed E-state index contributed by atoms with van der Waals surface area (Å²) in [6, 6.07) is 8.15. The molecule has 0 aliphatic rings. The third-order valence-corrected chi connectivity index (χ3v) is 2.65. The normalized spacial score (nSPS) is 10.0. The van der Waals surface area contributed by atoms with Gasteiger partial charge in [0.15, 0.2) is 5.75 Å². The van der Waals surface area contributed by atoms with Crippen molar-refractivity contribution in [3.63, 3.8) is 0 Å². The Hall–Kier alpha value is -1.58. The van der Waals surface area contributed by atoms with Crippen molar-refractivity contribution in [2.45, 2.75) is 0 Å². The monoisotopic (exact) mass is 267 g/mol. The first-order chi connectivity index (χ1) is 8.18. The van der Waals surface area contributed by atoms with Crippen molar-refractivity contribution in [1.29, 1.82) is 0 Å². The van der Waals surface area contributed by atoms with Gasteiger partial charge in [-0.25, -0.2) is 4.79 Å². The molecule has 0 aliphatic heterocycles. The van der Waals surface area contributed by atoms with Gasteiger partial charge in [0, 0.05) is 18.5 Å². The first kappa shape index (κ1) is 11.9. The Balaban J connectivity index is 2.24. The van der Waals surface area contributed by atoms with Gasteiger partial charge in [-0.05, 0) is 12.1 Å². The first-order valence-corrected chi connectivity index (χ1v) is 5.50. The molecule has 1 aromatic heterocycles. The molecule has 0 bridgehead atoms. The average molecular weight is 268 g/mol. The number of hydrogen-bond acceptors (Lipinski definition) is 3. The summed E-state index contributed by atoms with van der Waals surface area (Å²) in [5.41, 5.74) is 0.294. The van der Waals surface area contributed by atoms with E-state index < -0.39 is 5.97 Å². The molecule has 5 heteroatoms. The number of hydrogen-bond donors (Lipinski definition) is 0. The number of aromatic nitrogens is 1. The van der Waals surface area contributed by atoms with Crippen LogP contribution in [0, 0.1) is 0 Å².